The molecule has 0 fully saturated rings. The molecule has 0 saturated carbocycles. The van der Waals surface area contributed by atoms with Gasteiger partial charge in [0.15, 0.2) is 0 Å². The first-order valence-electron chi connectivity index (χ1n) is 11.8. The topological polar surface area (TPSA) is 81.1 Å². The number of aryl methyl sites for hydroxylation is 1. The van der Waals surface area contributed by atoms with Crippen molar-refractivity contribution >= 4 is 40.9 Å². The van der Waals surface area contributed by atoms with E-state index < -0.39 is 6.04 Å². The molecule has 0 bridgehead atoms. The molecule has 4 aromatic rings. The van der Waals surface area contributed by atoms with E-state index in [1.54, 1.807) is 35.7 Å². The zero-order valence-corrected chi connectivity index (χ0v) is 22.2. The fourth-order valence-corrected chi connectivity index (χ4v) is 5.23. The van der Waals surface area contributed by atoms with E-state index in [9.17, 15) is 4.79 Å². The number of para-hydroxylation sites is 2. The minimum absolute atomic E-state index is 0.260. The molecule has 0 spiro atoms. The number of amides is 1. The fourth-order valence-electron chi connectivity index (χ4n) is 4.33. The lowest BCUT2D eigenvalue weighted by atomic mass is 9.95. The van der Waals surface area contributed by atoms with Crippen LogP contribution in [0.1, 0.15) is 29.7 Å². The van der Waals surface area contributed by atoms with Gasteiger partial charge in [-0.3, -0.25) is 4.79 Å². The molecule has 5 rings (SSSR count). The lowest BCUT2D eigenvalue weighted by Gasteiger charge is -2.28. The molecule has 0 unspecified atom stereocenters. The summed E-state index contributed by atoms with van der Waals surface area (Å²) >= 11 is 7.73. The van der Waals surface area contributed by atoms with Crippen molar-refractivity contribution in [2.45, 2.75) is 30.8 Å². The summed E-state index contributed by atoms with van der Waals surface area (Å²) in [5, 5.41) is 12.3. The van der Waals surface area contributed by atoms with Gasteiger partial charge in [-0.1, -0.05) is 77.5 Å². The number of allylic oxidation sites excluding steroid dienone is 1. The number of anilines is 2. The Bertz CT molecular complexity index is 1480. The first-order chi connectivity index (χ1) is 17.9. The van der Waals surface area contributed by atoms with Gasteiger partial charge in [-0.05, 0) is 49.2 Å². The first kappa shape index (κ1) is 24.9. The van der Waals surface area contributed by atoms with Gasteiger partial charge in [0.2, 0.25) is 11.1 Å². The van der Waals surface area contributed by atoms with E-state index in [0.717, 1.165) is 11.3 Å². The van der Waals surface area contributed by atoms with Gasteiger partial charge in [-0.2, -0.15) is 4.98 Å². The maximum Gasteiger partial charge on any atom is 0.255 e. The normalized spacial score (nSPS) is 14.6. The van der Waals surface area contributed by atoms with Gasteiger partial charge in [0.05, 0.1) is 18.4 Å². The molecule has 0 saturated heterocycles. The fraction of sp³-hybridized carbons (Fsp3) is 0.179. The summed E-state index contributed by atoms with van der Waals surface area (Å²) in [4.78, 5) is 18.4. The van der Waals surface area contributed by atoms with Gasteiger partial charge < -0.3 is 15.4 Å². The number of carbonyl (C=O) groups is 1. The number of ether oxygens (including phenoxy) is 1. The largest absolute Gasteiger partial charge is 0.495 e. The van der Waals surface area contributed by atoms with Crippen molar-refractivity contribution in [3.8, 4) is 5.75 Å². The van der Waals surface area contributed by atoms with Crippen molar-refractivity contribution in [1.82, 2.24) is 14.8 Å². The third kappa shape index (κ3) is 5.35. The molecule has 9 heteroatoms. The Morgan fingerprint density at radius 2 is 1.89 bits per heavy atom. The second-order valence-electron chi connectivity index (χ2n) is 8.71. The summed E-state index contributed by atoms with van der Waals surface area (Å²) in [5.41, 5.74) is 5.10. The number of methoxy groups -OCH3 is 1. The van der Waals surface area contributed by atoms with E-state index in [2.05, 4.69) is 41.8 Å². The van der Waals surface area contributed by atoms with Crippen molar-refractivity contribution < 1.29 is 9.53 Å². The van der Waals surface area contributed by atoms with Gasteiger partial charge in [0.1, 0.15) is 11.8 Å². The number of hydrogen-bond acceptors (Lipinski definition) is 6. The van der Waals surface area contributed by atoms with Crippen LogP contribution in [0.3, 0.4) is 0 Å². The predicted molar refractivity (Wildman–Crippen MR) is 148 cm³/mol. The minimum atomic E-state index is -0.496. The molecule has 1 atom stereocenters. The van der Waals surface area contributed by atoms with Crippen LogP contribution in [0.2, 0.25) is 5.02 Å². The lowest BCUT2D eigenvalue weighted by Crippen LogP contribution is -2.31. The van der Waals surface area contributed by atoms with Gasteiger partial charge in [-0.25, -0.2) is 4.68 Å². The van der Waals surface area contributed by atoms with Crippen LogP contribution in [0.25, 0.3) is 0 Å². The number of rotatable bonds is 7. The summed E-state index contributed by atoms with van der Waals surface area (Å²) in [7, 11) is 1.58. The van der Waals surface area contributed by atoms with Crippen molar-refractivity contribution in [3.05, 3.63) is 106 Å². The Hall–Kier alpha value is -3.75. The van der Waals surface area contributed by atoms with Crippen LogP contribution < -0.4 is 15.4 Å². The van der Waals surface area contributed by atoms with E-state index in [1.807, 2.05) is 43.3 Å². The molecule has 1 aliphatic heterocycles. The number of aromatic nitrogens is 3. The number of carbonyl (C=O) groups excluding carboxylic acids is 1. The third-order valence-electron chi connectivity index (χ3n) is 6.07. The van der Waals surface area contributed by atoms with E-state index in [0.29, 0.717) is 38.8 Å². The van der Waals surface area contributed by atoms with E-state index in [1.165, 1.54) is 11.1 Å². The molecule has 1 aromatic heterocycles. The van der Waals surface area contributed by atoms with E-state index >= 15 is 0 Å². The van der Waals surface area contributed by atoms with Gasteiger partial charge >= 0.3 is 0 Å². The second kappa shape index (κ2) is 10.7. The molecule has 2 heterocycles. The molecule has 7 nitrogen and oxygen atoms in total. The molecule has 2 N–H and O–H groups in total. The number of hydrogen-bond donors (Lipinski definition) is 2. The zero-order valence-electron chi connectivity index (χ0n) is 20.7. The third-order valence-corrected chi connectivity index (χ3v) is 7.23. The zero-order chi connectivity index (χ0) is 25.9. The van der Waals surface area contributed by atoms with Crippen LogP contribution in [0.15, 0.2) is 89.2 Å². The Morgan fingerprint density at radius 1 is 1.11 bits per heavy atom. The van der Waals surface area contributed by atoms with Crippen molar-refractivity contribution in [2.75, 3.05) is 17.7 Å². The highest BCUT2D eigenvalue weighted by molar-refractivity contribution is 7.98. The summed E-state index contributed by atoms with van der Waals surface area (Å²) < 4.78 is 7.19. The number of nitrogens with zero attached hydrogens (tertiary/aromatic N) is 3. The molecule has 0 aliphatic carbocycles. The van der Waals surface area contributed by atoms with Crippen LogP contribution in [-0.2, 0) is 10.5 Å². The van der Waals surface area contributed by atoms with Crippen LogP contribution in [-0.4, -0.2) is 27.8 Å². The van der Waals surface area contributed by atoms with Crippen LogP contribution in [0.4, 0.5) is 11.6 Å². The monoisotopic (exact) mass is 531 g/mol. The Kier molecular flexibility index (Phi) is 7.21. The smallest absolute Gasteiger partial charge is 0.255 e. The van der Waals surface area contributed by atoms with Gasteiger partial charge in [-0.15, -0.1) is 5.10 Å². The van der Waals surface area contributed by atoms with E-state index in [-0.39, 0.29) is 5.91 Å². The molecule has 1 aliphatic rings. The molecule has 3 aromatic carbocycles. The highest BCUT2D eigenvalue weighted by Gasteiger charge is 2.34. The SMILES string of the molecule is COc1ccccc1NC(=O)C1=C(C)Nc2nc(SCc3cccc(C)c3)nn2[C@H]1c1ccc(Cl)cc1. The highest BCUT2D eigenvalue weighted by atomic mass is 35.5. The maximum absolute atomic E-state index is 13.7. The van der Waals surface area contributed by atoms with Crippen LogP contribution in [0.5, 0.6) is 5.75 Å². The number of nitrogens with one attached hydrogen (secondary N) is 2. The quantitative estimate of drug-likeness (QED) is 0.266. The minimum Gasteiger partial charge on any atom is -0.495 e. The van der Waals surface area contributed by atoms with Crippen molar-refractivity contribution in [1.29, 1.82) is 0 Å². The standard InChI is InChI=1S/C28H26ClN5O2S/c1-17-7-6-8-19(15-17)16-37-28-32-27-30-18(2)24(26(35)31-22-9-4-5-10-23(22)36-3)25(34(27)33-28)20-11-13-21(29)14-12-20/h4-15,25H,16H2,1-3H3,(H,31,35)(H,30,32,33)/t25-/m0/s1. The molecular weight excluding hydrogens is 506 g/mol. The predicted octanol–water partition coefficient (Wildman–Crippen LogP) is 6.47. The molecule has 0 radical (unpaired) electrons. The number of thioether (sulfide) groups is 1. The summed E-state index contributed by atoms with van der Waals surface area (Å²) in [6, 6.07) is 22.6. The molecule has 1 amide bonds. The average molecular weight is 532 g/mol. The molecule has 37 heavy (non-hydrogen) atoms. The average Bonchev–Trinajstić information content (AvgIpc) is 3.30. The lowest BCUT2D eigenvalue weighted by molar-refractivity contribution is -0.113. The van der Waals surface area contributed by atoms with Gasteiger partial charge in [0.25, 0.3) is 5.91 Å². The summed E-state index contributed by atoms with van der Waals surface area (Å²) in [6.45, 7) is 3.95. The van der Waals surface area contributed by atoms with E-state index in [4.69, 9.17) is 26.4 Å². The highest BCUT2D eigenvalue weighted by Crippen LogP contribution is 2.38. The summed E-state index contributed by atoms with van der Waals surface area (Å²) in [5.74, 6) is 1.64. The molecule has 188 valence electrons. The summed E-state index contributed by atoms with van der Waals surface area (Å²) in [6.07, 6.45) is 0. The first-order valence-corrected chi connectivity index (χ1v) is 13.1. The Morgan fingerprint density at radius 3 is 2.65 bits per heavy atom. The van der Waals surface area contributed by atoms with Gasteiger partial charge in [0, 0.05) is 16.5 Å². The van der Waals surface area contributed by atoms with Crippen molar-refractivity contribution in [2.24, 2.45) is 0 Å². The van der Waals surface area contributed by atoms with Crippen LogP contribution in [0, 0.1) is 6.92 Å². The number of halogens is 1. The van der Waals surface area contributed by atoms with Crippen molar-refractivity contribution in [3.63, 3.8) is 0 Å². The number of benzene rings is 3. The number of fused-ring (bicyclic) bond motifs is 1. The van der Waals surface area contributed by atoms with Crippen LogP contribution >= 0.6 is 23.4 Å². The molecular formula is C28H26ClN5O2S. The maximum atomic E-state index is 13.7. The Balaban J connectivity index is 1.49. The second-order valence-corrected chi connectivity index (χ2v) is 10.1. The Labute approximate surface area is 224 Å².